The van der Waals surface area contributed by atoms with Crippen LogP contribution in [0.25, 0.3) is 16.7 Å². The molecule has 1 N–H and O–H groups in total. The number of allylic oxidation sites excluding steroid dienone is 11. The van der Waals surface area contributed by atoms with Crippen LogP contribution in [-0.2, 0) is 4.79 Å². The maximum atomic E-state index is 13.8. The van der Waals surface area contributed by atoms with Crippen LogP contribution in [0.4, 0.5) is 0 Å². The summed E-state index contributed by atoms with van der Waals surface area (Å²) in [6.45, 7) is 17.3. The van der Waals surface area contributed by atoms with Crippen LogP contribution in [0.1, 0.15) is 76.1 Å². The SMILES string of the molecule is CC1=CC(=C2C(=O)C(c3cc(C)c4cc(C(C)C)ccc(C)c3-4)=C2O)C2=C1CC(C(C)C)=CC=C2C. The number of hydrogen-bond acceptors (Lipinski definition) is 2. The van der Waals surface area contributed by atoms with Gasteiger partial charge in [-0.2, -0.15) is 0 Å². The van der Waals surface area contributed by atoms with E-state index in [4.69, 9.17) is 0 Å². The molecule has 0 spiro atoms. The standard InChI is InChI=1S/C34H36O2/c1-17(2)23-11-9-19(5)29-25(15-23)21(7)13-27(29)31-33(35)32(34(31)36)28-14-22(8)26-16-24(18(3)4)12-10-20(6)30(26)28/h9-15,17-18,35H,16H2,1-8H3. The summed E-state index contributed by atoms with van der Waals surface area (Å²) in [5, 5.41) is 11.4. The molecule has 5 aliphatic carbocycles. The average molecular weight is 477 g/mol. The van der Waals surface area contributed by atoms with Crippen molar-refractivity contribution in [2.45, 2.75) is 67.7 Å². The van der Waals surface area contributed by atoms with Crippen LogP contribution in [0.5, 0.6) is 0 Å². The number of fused-ring (bicyclic) bond motifs is 1. The number of aryl methyl sites for hydroxylation is 2. The van der Waals surface area contributed by atoms with Crippen LogP contribution in [0.2, 0.25) is 0 Å². The van der Waals surface area contributed by atoms with Gasteiger partial charge in [-0.1, -0.05) is 69.7 Å². The molecule has 5 aliphatic rings. The first-order chi connectivity index (χ1) is 17.0. The van der Waals surface area contributed by atoms with Gasteiger partial charge < -0.3 is 5.11 Å². The van der Waals surface area contributed by atoms with Crippen molar-refractivity contribution in [3.05, 3.63) is 110 Å². The van der Waals surface area contributed by atoms with E-state index in [1.54, 1.807) is 0 Å². The zero-order valence-electron chi connectivity index (χ0n) is 22.8. The lowest BCUT2D eigenvalue weighted by molar-refractivity contribution is -0.111. The Morgan fingerprint density at radius 3 is 2.14 bits per heavy atom. The molecule has 0 aliphatic heterocycles. The maximum Gasteiger partial charge on any atom is 0.201 e. The van der Waals surface area contributed by atoms with Crippen molar-refractivity contribution >= 4 is 11.4 Å². The van der Waals surface area contributed by atoms with E-state index >= 15 is 0 Å². The van der Waals surface area contributed by atoms with Crippen molar-refractivity contribution in [2.24, 2.45) is 5.92 Å². The monoisotopic (exact) mass is 476 g/mol. The first-order valence-corrected chi connectivity index (χ1v) is 13.1. The van der Waals surface area contributed by atoms with Gasteiger partial charge in [0.1, 0.15) is 5.76 Å². The number of Topliss-reactive ketones (excluding diaryl/α,β-unsaturated/α-hetero) is 1. The molecule has 0 amide bonds. The van der Waals surface area contributed by atoms with Gasteiger partial charge in [0.05, 0.1) is 11.1 Å². The van der Waals surface area contributed by atoms with Gasteiger partial charge in [0.15, 0.2) is 0 Å². The molecule has 5 rings (SSSR count). The zero-order chi connectivity index (χ0) is 26.0. The second-order valence-corrected chi connectivity index (χ2v) is 11.3. The third kappa shape index (κ3) is 3.58. The maximum absolute atomic E-state index is 13.8. The summed E-state index contributed by atoms with van der Waals surface area (Å²) in [7, 11) is 0. The summed E-state index contributed by atoms with van der Waals surface area (Å²) in [5.74, 6) is 0.943. The number of aliphatic hydroxyl groups is 1. The van der Waals surface area contributed by atoms with Crippen LogP contribution in [-0.4, -0.2) is 10.9 Å². The molecule has 0 aromatic rings. The Kier molecular flexibility index (Phi) is 5.82. The van der Waals surface area contributed by atoms with Gasteiger partial charge in [0.2, 0.25) is 5.78 Å². The Bertz CT molecular complexity index is 1490. The topological polar surface area (TPSA) is 37.3 Å². The minimum Gasteiger partial charge on any atom is -0.506 e. The number of hydrogen-bond donors (Lipinski definition) is 1. The fourth-order valence-electron chi connectivity index (χ4n) is 5.88. The highest BCUT2D eigenvalue weighted by Gasteiger charge is 2.41. The van der Waals surface area contributed by atoms with E-state index in [-0.39, 0.29) is 11.5 Å². The molecule has 0 aromatic carbocycles. The van der Waals surface area contributed by atoms with E-state index in [1.807, 2.05) is 0 Å². The Hall–Kier alpha value is -3.39. The summed E-state index contributed by atoms with van der Waals surface area (Å²) in [6.07, 6.45) is 7.37. The molecule has 184 valence electrons. The Morgan fingerprint density at radius 1 is 0.778 bits per heavy atom. The van der Waals surface area contributed by atoms with Gasteiger partial charge in [0, 0.05) is 0 Å². The number of carbonyl (C=O) groups excluding carboxylic acids is 1. The molecular weight excluding hydrogens is 440 g/mol. The van der Waals surface area contributed by atoms with Crippen molar-refractivity contribution in [2.75, 3.05) is 0 Å². The smallest absolute Gasteiger partial charge is 0.201 e. The Morgan fingerprint density at radius 2 is 1.50 bits per heavy atom. The summed E-state index contributed by atoms with van der Waals surface area (Å²) in [6, 6.07) is 8.63. The van der Waals surface area contributed by atoms with Gasteiger partial charge in [-0.3, -0.25) is 4.79 Å². The van der Waals surface area contributed by atoms with Gasteiger partial charge in [-0.05, 0) is 113 Å². The summed E-state index contributed by atoms with van der Waals surface area (Å²) in [5.41, 5.74) is 14.5. The number of ketones is 1. The van der Waals surface area contributed by atoms with E-state index in [9.17, 15) is 9.90 Å². The molecule has 0 atom stereocenters. The third-order valence-electron chi connectivity index (χ3n) is 8.16. The molecule has 36 heavy (non-hydrogen) atoms. The van der Waals surface area contributed by atoms with Crippen molar-refractivity contribution < 1.29 is 9.90 Å². The summed E-state index contributed by atoms with van der Waals surface area (Å²) in [4.78, 5) is 13.8. The van der Waals surface area contributed by atoms with Crippen molar-refractivity contribution in [3.8, 4) is 11.1 Å². The highest BCUT2D eigenvalue weighted by Crippen LogP contribution is 2.50. The Labute approximate surface area is 215 Å². The summed E-state index contributed by atoms with van der Waals surface area (Å²) < 4.78 is 0. The molecule has 0 unspecified atom stereocenters. The minimum atomic E-state index is -0.0590. The molecule has 2 heteroatoms. The van der Waals surface area contributed by atoms with Crippen LogP contribution in [0, 0.1) is 19.8 Å². The van der Waals surface area contributed by atoms with Crippen molar-refractivity contribution in [1.29, 1.82) is 0 Å². The molecular formula is C34H36O2. The van der Waals surface area contributed by atoms with Gasteiger partial charge >= 0.3 is 0 Å². The molecule has 2 nitrogen and oxygen atoms in total. The number of carbonyl (C=O) groups is 1. The van der Waals surface area contributed by atoms with Gasteiger partial charge in [0.25, 0.3) is 0 Å². The number of aliphatic hydroxyl groups excluding tert-OH is 1. The number of rotatable bonds is 3. The normalized spacial score (nSPS) is 20.2. The first-order valence-electron chi connectivity index (χ1n) is 13.1. The molecule has 0 fully saturated rings. The van der Waals surface area contributed by atoms with E-state index < -0.39 is 0 Å². The quantitative estimate of drug-likeness (QED) is 0.449. The fourth-order valence-corrected chi connectivity index (χ4v) is 5.88. The first kappa shape index (κ1) is 24.3. The molecule has 0 radical (unpaired) electrons. The lowest BCUT2D eigenvalue weighted by Gasteiger charge is -2.25. The van der Waals surface area contributed by atoms with E-state index in [0.29, 0.717) is 23.0 Å². The van der Waals surface area contributed by atoms with Crippen LogP contribution >= 0.6 is 0 Å². The predicted octanol–water partition coefficient (Wildman–Crippen LogP) is 8.87. The lowest BCUT2D eigenvalue weighted by Crippen LogP contribution is -2.23. The second kappa shape index (κ2) is 8.62. The fraction of sp³-hybridized carbons (Fsp3) is 0.324. The molecule has 0 aromatic heterocycles. The van der Waals surface area contributed by atoms with Crippen LogP contribution < -0.4 is 0 Å². The van der Waals surface area contributed by atoms with E-state index in [2.05, 4.69) is 97.9 Å². The second-order valence-electron chi connectivity index (χ2n) is 11.3. The predicted molar refractivity (Wildman–Crippen MR) is 150 cm³/mol. The highest BCUT2D eigenvalue weighted by molar-refractivity contribution is 6.40. The zero-order valence-corrected chi connectivity index (χ0v) is 22.8. The van der Waals surface area contributed by atoms with E-state index in [0.717, 1.165) is 51.0 Å². The van der Waals surface area contributed by atoms with Crippen LogP contribution in [0.3, 0.4) is 0 Å². The molecule has 0 bridgehead atoms. The van der Waals surface area contributed by atoms with Crippen LogP contribution in [0.15, 0.2) is 87.3 Å². The molecule has 0 saturated heterocycles. The van der Waals surface area contributed by atoms with E-state index in [1.165, 1.54) is 22.3 Å². The molecule has 0 saturated carbocycles. The van der Waals surface area contributed by atoms with Gasteiger partial charge in [-0.25, -0.2) is 0 Å². The van der Waals surface area contributed by atoms with Crippen molar-refractivity contribution in [1.82, 2.24) is 0 Å². The largest absolute Gasteiger partial charge is 0.506 e. The molecule has 0 heterocycles. The minimum absolute atomic E-state index is 0.0590. The average Bonchev–Trinajstić information content (AvgIpc) is 3.11. The van der Waals surface area contributed by atoms with Crippen molar-refractivity contribution in [3.63, 3.8) is 0 Å². The van der Waals surface area contributed by atoms with Gasteiger partial charge in [-0.15, -0.1) is 0 Å². The Balaban J connectivity index is 1.66. The third-order valence-corrected chi connectivity index (χ3v) is 8.16. The highest BCUT2D eigenvalue weighted by atomic mass is 16.3. The summed E-state index contributed by atoms with van der Waals surface area (Å²) >= 11 is 0. The lowest BCUT2D eigenvalue weighted by atomic mass is 9.78.